The number of halogens is 1. The van der Waals surface area contributed by atoms with Gasteiger partial charge in [-0.3, -0.25) is 14.4 Å². The van der Waals surface area contributed by atoms with Crippen molar-refractivity contribution in [3.8, 4) is 0 Å². The first-order valence-electron chi connectivity index (χ1n) is 7.30. The zero-order valence-corrected chi connectivity index (χ0v) is 13.8. The summed E-state index contributed by atoms with van der Waals surface area (Å²) < 4.78 is 0. The molecule has 0 atom stereocenters. The van der Waals surface area contributed by atoms with Crippen molar-refractivity contribution in [1.29, 1.82) is 0 Å². The van der Waals surface area contributed by atoms with E-state index in [4.69, 9.17) is 16.7 Å². The summed E-state index contributed by atoms with van der Waals surface area (Å²) in [5.41, 5.74) is 0.786. The normalized spacial score (nSPS) is 10.8. The third kappa shape index (κ3) is 5.47. The van der Waals surface area contributed by atoms with Gasteiger partial charge in [0.25, 0.3) is 11.8 Å². The summed E-state index contributed by atoms with van der Waals surface area (Å²) in [7, 11) is 0. The summed E-state index contributed by atoms with van der Waals surface area (Å²) in [4.78, 5) is 35.2. The molecule has 0 aliphatic heterocycles. The topological polar surface area (TPSA) is 95.5 Å². The van der Waals surface area contributed by atoms with Gasteiger partial charge in [0.1, 0.15) is 12.2 Å². The quantitative estimate of drug-likeness (QED) is 0.690. The van der Waals surface area contributed by atoms with Crippen molar-refractivity contribution in [3.05, 3.63) is 76.4 Å². The van der Waals surface area contributed by atoms with Crippen molar-refractivity contribution < 1.29 is 19.5 Å². The minimum atomic E-state index is -1.19. The fourth-order valence-corrected chi connectivity index (χ4v) is 2.18. The Labute approximate surface area is 149 Å². The number of benzene rings is 2. The maximum atomic E-state index is 12.4. The molecule has 25 heavy (non-hydrogen) atoms. The number of carbonyl (C=O) groups excluding carboxylic acids is 2. The van der Waals surface area contributed by atoms with Crippen molar-refractivity contribution in [1.82, 2.24) is 10.6 Å². The Kier molecular flexibility index (Phi) is 6.31. The van der Waals surface area contributed by atoms with E-state index in [0.29, 0.717) is 5.56 Å². The highest BCUT2D eigenvalue weighted by molar-refractivity contribution is 6.34. The van der Waals surface area contributed by atoms with Gasteiger partial charge in [-0.1, -0.05) is 54.1 Å². The number of carboxylic acids is 1. The Morgan fingerprint density at radius 1 is 1.00 bits per heavy atom. The lowest BCUT2D eigenvalue weighted by atomic mass is 10.1. The maximum absolute atomic E-state index is 12.4. The van der Waals surface area contributed by atoms with Crippen LogP contribution in [0, 0.1) is 0 Å². The molecular weight excluding hydrogens is 344 g/mol. The predicted molar refractivity (Wildman–Crippen MR) is 94.0 cm³/mol. The molecule has 7 heteroatoms. The first-order chi connectivity index (χ1) is 12.0. The van der Waals surface area contributed by atoms with Crippen LogP contribution in [0.3, 0.4) is 0 Å². The van der Waals surface area contributed by atoms with Crippen LogP contribution in [-0.2, 0) is 9.59 Å². The van der Waals surface area contributed by atoms with Crippen molar-refractivity contribution in [2.45, 2.75) is 0 Å². The SMILES string of the molecule is O=C(O)CNC(=O)C(=Cc1ccccc1)NC(=O)c1ccccc1Cl. The Morgan fingerprint density at radius 2 is 1.64 bits per heavy atom. The van der Waals surface area contributed by atoms with Crippen LogP contribution in [-0.4, -0.2) is 29.4 Å². The minimum Gasteiger partial charge on any atom is -0.480 e. The average molecular weight is 359 g/mol. The molecule has 0 fully saturated rings. The molecule has 128 valence electrons. The Balaban J connectivity index is 2.26. The van der Waals surface area contributed by atoms with Crippen LogP contribution >= 0.6 is 11.6 Å². The smallest absolute Gasteiger partial charge is 0.322 e. The molecular formula is C18H15ClN2O4. The second-order valence-electron chi connectivity index (χ2n) is 4.98. The highest BCUT2D eigenvalue weighted by Crippen LogP contribution is 2.15. The minimum absolute atomic E-state index is 0.0858. The fraction of sp³-hybridized carbons (Fsp3) is 0.0556. The van der Waals surface area contributed by atoms with Crippen LogP contribution in [0.25, 0.3) is 6.08 Å². The van der Waals surface area contributed by atoms with Crippen molar-refractivity contribution >= 4 is 35.5 Å². The van der Waals surface area contributed by atoms with Gasteiger partial charge >= 0.3 is 5.97 Å². The lowest BCUT2D eigenvalue weighted by Gasteiger charge is -2.11. The van der Waals surface area contributed by atoms with Crippen LogP contribution in [0.4, 0.5) is 0 Å². The molecule has 2 aromatic rings. The van der Waals surface area contributed by atoms with Gasteiger partial charge in [0, 0.05) is 0 Å². The van der Waals surface area contributed by atoms with Gasteiger partial charge < -0.3 is 15.7 Å². The zero-order chi connectivity index (χ0) is 18.2. The second kappa shape index (κ2) is 8.65. The molecule has 3 N–H and O–H groups in total. The summed E-state index contributed by atoms with van der Waals surface area (Å²) in [6, 6.07) is 15.2. The van der Waals surface area contributed by atoms with Gasteiger partial charge in [-0.15, -0.1) is 0 Å². The summed E-state index contributed by atoms with van der Waals surface area (Å²) in [6.07, 6.45) is 1.45. The number of aliphatic carboxylic acids is 1. The number of carbonyl (C=O) groups is 3. The van der Waals surface area contributed by atoms with Crippen molar-refractivity contribution in [3.63, 3.8) is 0 Å². The Hall–Kier alpha value is -3.12. The monoisotopic (exact) mass is 358 g/mol. The van der Waals surface area contributed by atoms with E-state index < -0.39 is 24.3 Å². The van der Waals surface area contributed by atoms with Gasteiger partial charge in [-0.05, 0) is 23.8 Å². The number of hydrogen-bond donors (Lipinski definition) is 3. The van der Waals surface area contributed by atoms with E-state index in [1.165, 1.54) is 12.1 Å². The van der Waals surface area contributed by atoms with Crippen LogP contribution in [0.1, 0.15) is 15.9 Å². The highest BCUT2D eigenvalue weighted by Gasteiger charge is 2.16. The van der Waals surface area contributed by atoms with E-state index in [1.807, 2.05) is 6.07 Å². The molecule has 0 bridgehead atoms. The van der Waals surface area contributed by atoms with Gasteiger partial charge in [0.05, 0.1) is 10.6 Å². The molecule has 0 aromatic heterocycles. The molecule has 0 saturated heterocycles. The molecule has 2 aromatic carbocycles. The lowest BCUT2D eigenvalue weighted by Crippen LogP contribution is -2.37. The number of amides is 2. The van der Waals surface area contributed by atoms with E-state index in [2.05, 4.69) is 10.6 Å². The number of nitrogens with one attached hydrogen (secondary N) is 2. The van der Waals surface area contributed by atoms with E-state index in [1.54, 1.807) is 42.5 Å². The molecule has 0 unspecified atom stereocenters. The summed E-state index contributed by atoms with van der Waals surface area (Å²) in [6.45, 7) is -0.563. The van der Waals surface area contributed by atoms with Crippen LogP contribution in [0.2, 0.25) is 5.02 Å². The maximum Gasteiger partial charge on any atom is 0.322 e. The Bertz CT molecular complexity index is 819. The van der Waals surface area contributed by atoms with Crippen LogP contribution in [0.5, 0.6) is 0 Å². The van der Waals surface area contributed by atoms with E-state index in [-0.39, 0.29) is 16.3 Å². The standard InChI is InChI=1S/C18H15ClN2O4/c19-14-9-5-4-8-13(14)17(24)21-15(18(25)20-11-16(22)23)10-12-6-2-1-3-7-12/h1-10H,11H2,(H,20,25)(H,21,24)(H,22,23). The van der Waals surface area contributed by atoms with Crippen LogP contribution < -0.4 is 10.6 Å². The van der Waals surface area contributed by atoms with Crippen molar-refractivity contribution in [2.75, 3.05) is 6.54 Å². The zero-order valence-electron chi connectivity index (χ0n) is 13.0. The van der Waals surface area contributed by atoms with Gasteiger partial charge in [-0.2, -0.15) is 0 Å². The largest absolute Gasteiger partial charge is 0.480 e. The summed E-state index contributed by atoms with van der Waals surface area (Å²) >= 11 is 5.99. The molecule has 0 radical (unpaired) electrons. The third-order valence-electron chi connectivity index (χ3n) is 3.12. The van der Waals surface area contributed by atoms with E-state index in [0.717, 1.165) is 0 Å². The summed E-state index contributed by atoms with van der Waals surface area (Å²) in [5, 5.41) is 13.6. The molecule has 0 spiro atoms. The molecule has 0 aliphatic carbocycles. The molecule has 0 heterocycles. The average Bonchev–Trinajstić information content (AvgIpc) is 2.60. The van der Waals surface area contributed by atoms with E-state index in [9.17, 15) is 14.4 Å². The molecule has 0 saturated carbocycles. The number of rotatable bonds is 6. The van der Waals surface area contributed by atoms with Gasteiger partial charge in [0.2, 0.25) is 0 Å². The van der Waals surface area contributed by atoms with Gasteiger partial charge in [0.15, 0.2) is 0 Å². The van der Waals surface area contributed by atoms with Crippen molar-refractivity contribution in [2.24, 2.45) is 0 Å². The first kappa shape index (κ1) is 18.2. The molecule has 2 rings (SSSR count). The third-order valence-corrected chi connectivity index (χ3v) is 3.45. The molecule has 0 aliphatic rings. The lowest BCUT2D eigenvalue weighted by molar-refractivity contribution is -0.137. The number of hydrogen-bond acceptors (Lipinski definition) is 3. The van der Waals surface area contributed by atoms with Crippen LogP contribution in [0.15, 0.2) is 60.3 Å². The number of carboxylic acid groups (broad SMARTS) is 1. The fourth-order valence-electron chi connectivity index (χ4n) is 1.96. The summed E-state index contributed by atoms with van der Waals surface area (Å²) in [5.74, 6) is -2.48. The van der Waals surface area contributed by atoms with E-state index >= 15 is 0 Å². The predicted octanol–water partition coefficient (Wildman–Crippen LogP) is 2.31. The second-order valence-corrected chi connectivity index (χ2v) is 5.39. The first-order valence-corrected chi connectivity index (χ1v) is 7.68. The molecule has 6 nitrogen and oxygen atoms in total. The molecule has 2 amide bonds. The van der Waals surface area contributed by atoms with Gasteiger partial charge in [-0.25, -0.2) is 0 Å². The Morgan fingerprint density at radius 3 is 2.28 bits per heavy atom. The highest BCUT2D eigenvalue weighted by atomic mass is 35.5.